The van der Waals surface area contributed by atoms with Crippen LogP contribution >= 0.6 is 11.3 Å². The van der Waals surface area contributed by atoms with Gasteiger partial charge in [0, 0.05) is 11.4 Å². The molecule has 5 rings (SSSR count). The lowest BCUT2D eigenvalue weighted by atomic mass is 9.97. The van der Waals surface area contributed by atoms with Crippen molar-refractivity contribution in [3.8, 4) is 5.75 Å². The first kappa shape index (κ1) is 20.7. The molecule has 0 amide bonds. The second kappa shape index (κ2) is 9.53. The van der Waals surface area contributed by atoms with Gasteiger partial charge in [-0.3, -0.25) is 14.3 Å². The number of benzene rings is 1. The average Bonchev–Trinajstić information content (AvgIpc) is 3.43. The average molecular weight is 438 g/mol. The summed E-state index contributed by atoms with van der Waals surface area (Å²) in [6, 6.07) is 9.93. The van der Waals surface area contributed by atoms with Crippen molar-refractivity contribution in [2.75, 3.05) is 19.7 Å². The van der Waals surface area contributed by atoms with Crippen LogP contribution in [0.15, 0.2) is 35.1 Å². The number of fused-ring (bicyclic) bond motifs is 3. The predicted octanol–water partition coefficient (Wildman–Crippen LogP) is 4.79. The Kier molecular flexibility index (Phi) is 6.37. The highest BCUT2D eigenvalue weighted by atomic mass is 32.1. The monoisotopic (exact) mass is 437 g/mol. The highest BCUT2D eigenvalue weighted by Gasteiger charge is 2.23. The van der Waals surface area contributed by atoms with Gasteiger partial charge in [-0.05, 0) is 82.2 Å². The van der Waals surface area contributed by atoms with Gasteiger partial charge in [0.25, 0.3) is 5.56 Å². The van der Waals surface area contributed by atoms with Gasteiger partial charge >= 0.3 is 0 Å². The molecule has 0 spiro atoms. The van der Waals surface area contributed by atoms with Crippen LogP contribution in [-0.2, 0) is 25.9 Å². The number of aryl methyl sites for hydroxylation is 2. The number of aromatic nitrogens is 2. The summed E-state index contributed by atoms with van der Waals surface area (Å²) >= 11 is 1.76. The maximum Gasteiger partial charge on any atom is 0.262 e. The molecule has 1 aliphatic carbocycles. The molecule has 164 valence electrons. The lowest BCUT2D eigenvalue weighted by Gasteiger charge is -2.18. The van der Waals surface area contributed by atoms with Gasteiger partial charge in [0.15, 0.2) is 0 Å². The molecule has 0 unspecified atom stereocenters. The third kappa shape index (κ3) is 4.55. The van der Waals surface area contributed by atoms with E-state index in [0.29, 0.717) is 13.2 Å². The second-order valence-electron chi connectivity index (χ2n) is 8.73. The first-order valence-electron chi connectivity index (χ1n) is 11.7. The smallest absolute Gasteiger partial charge is 0.262 e. The van der Waals surface area contributed by atoms with Crippen molar-refractivity contribution in [1.29, 1.82) is 0 Å². The number of likely N-dealkylation sites (tertiary alicyclic amines) is 1. The number of ether oxygens (including phenoxy) is 1. The van der Waals surface area contributed by atoms with Crippen LogP contribution in [0.5, 0.6) is 5.75 Å². The summed E-state index contributed by atoms with van der Waals surface area (Å²) in [6.45, 7) is 4.39. The normalized spacial score (nSPS) is 16.6. The van der Waals surface area contributed by atoms with Gasteiger partial charge in [0.1, 0.15) is 16.4 Å². The van der Waals surface area contributed by atoms with E-state index < -0.39 is 0 Å². The Morgan fingerprint density at radius 1 is 1.00 bits per heavy atom. The lowest BCUT2D eigenvalue weighted by Crippen LogP contribution is -2.30. The van der Waals surface area contributed by atoms with Crippen LogP contribution in [-0.4, -0.2) is 34.1 Å². The topological polar surface area (TPSA) is 47.4 Å². The molecule has 0 N–H and O–H groups in total. The minimum atomic E-state index is 0.183. The SMILES string of the molecule is O=c1c2c3c(sc2nc(CN2CCCC2)n1CCCCOc1ccccc1)CCCC3. The van der Waals surface area contributed by atoms with Crippen LogP contribution in [0, 0.1) is 0 Å². The van der Waals surface area contributed by atoms with Crippen molar-refractivity contribution >= 4 is 21.6 Å². The van der Waals surface area contributed by atoms with E-state index in [1.54, 1.807) is 11.3 Å². The van der Waals surface area contributed by atoms with Gasteiger partial charge in [-0.2, -0.15) is 0 Å². The van der Waals surface area contributed by atoms with Crippen molar-refractivity contribution in [3.63, 3.8) is 0 Å². The molecule has 6 heteroatoms. The molecule has 0 saturated carbocycles. The summed E-state index contributed by atoms with van der Waals surface area (Å²) in [5.41, 5.74) is 1.47. The predicted molar refractivity (Wildman–Crippen MR) is 126 cm³/mol. The first-order chi connectivity index (χ1) is 15.3. The van der Waals surface area contributed by atoms with Crippen molar-refractivity contribution in [1.82, 2.24) is 14.5 Å². The number of unbranched alkanes of at least 4 members (excludes halogenated alkanes) is 1. The fourth-order valence-corrected chi connectivity index (χ4v) is 6.12. The van der Waals surface area contributed by atoms with Gasteiger partial charge < -0.3 is 4.74 Å². The Labute approximate surface area is 187 Å². The van der Waals surface area contributed by atoms with E-state index in [1.165, 1.54) is 36.1 Å². The zero-order valence-electron chi connectivity index (χ0n) is 18.1. The van der Waals surface area contributed by atoms with Gasteiger partial charge in [-0.1, -0.05) is 18.2 Å². The molecule has 5 nitrogen and oxygen atoms in total. The maximum atomic E-state index is 13.6. The van der Waals surface area contributed by atoms with Crippen LogP contribution in [0.2, 0.25) is 0 Å². The molecule has 3 aromatic rings. The van der Waals surface area contributed by atoms with Gasteiger partial charge in [0.2, 0.25) is 0 Å². The quantitative estimate of drug-likeness (QED) is 0.475. The Hall–Kier alpha value is -2.18. The van der Waals surface area contributed by atoms with E-state index in [0.717, 1.165) is 67.1 Å². The molecule has 31 heavy (non-hydrogen) atoms. The molecule has 3 heterocycles. The summed E-state index contributed by atoms with van der Waals surface area (Å²) < 4.78 is 7.81. The van der Waals surface area contributed by atoms with E-state index in [-0.39, 0.29) is 5.56 Å². The second-order valence-corrected chi connectivity index (χ2v) is 9.81. The lowest BCUT2D eigenvalue weighted by molar-refractivity contribution is 0.296. The Morgan fingerprint density at radius 3 is 2.65 bits per heavy atom. The number of para-hydroxylation sites is 1. The molecule has 2 aromatic heterocycles. The molecule has 2 aliphatic rings. The molecule has 1 aromatic carbocycles. The van der Waals surface area contributed by atoms with Gasteiger partial charge in [0.05, 0.1) is 18.5 Å². The Morgan fingerprint density at radius 2 is 1.81 bits per heavy atom. The van der Waals surface area contributed by atoms with Gasteiger partial charge in [-0.15, -0.1) is 11.3 Å². The van der Waals surface area contributed by atoms with E-state index in [1.807, 2.05) is 34.9 Å². The first-order valence-corrected chi connectivity index (χ1v) is 12.6. The number of hydrogen-bond donors (Lipinski definition) is 0. The van der Waals surface area contributed by atoms with E-state index in [4.69, 9.17) is 9.72 Å². The zero-order chi connectivity index (χ0) is 21.0. The standard InChI is InChI=1S/C25H31N3O2S/c29-25-23-20-12-4-5-13-21(20)31-24(23)26-22(18-27-14-6-7-15-27)28(25)16-8-9-17-30-19-10-2-1-3-11-19/h1-3,10-11H,4-9,12-18H2. The summed E-state index contributed by atoms with van der Waals surface area (Å²) in [5, 5.41) is 0.908. The number of rotatable bonds is 8. The van der Waals surface area contributed by atoms with E-state index >= 15 is 0 Å². The molecular formula is C25H31N3O2S. The number of nitrogens with zero attached hydrogens (tertiary/aromatic N) is 3. The highest BCUT2D eigenvalue weighted by molar-refractivity contribution is 7.18. The fraction of sp³-hybridized carbons (Fsp3) is 0.520. The third-order valence-corrected chi connectivity index (χ3v) is 7.69. The van der Waals surface area contributed by atoms with Crippen LogP contribution < -0.4 is 10.3 Å². The molecule has 1 fully saturated rings. The summed E-state index contributed by atoms with van der Waals surface area (Å²) in [6.07, 6.45) is 8.88. The minimum Gasteiger partial charge on any atom is -0.494 e. The minimum absolute atomic E-state index is 0.183. The van der Waals surface area contributed by atoms with Crippen LogP contribution in [0.1, 0.15) is 54.8 Å². The fourth-order valence-electron chi connectivity index (χ4n) is 4.85. The highest BCUT2D eigenvalue weighted by Crippen LogP contribution is 2.34. The molecule has 0 atom stereocenters. The van der Waals surface area contributed by atoms with Crippen molar-refractivity contribution < 1.29 is 4.74 Å². The Balaban J connectivity index is 1.36. The molecule has 0 radical (unpaired) electrons. The molecule has 1 saturated heterocycles. The summed E-state index contributed by atoms with van der Waals surface area (Å²) in [5.74, 6) is 1.85. The largest absolute Gasteiger partial charge is 0.494 e. The summed E-state index contributed by atoms with van der Waals surface area (Å²) in [4.78, 5) is 23.5. The van der Waals surface area contributed by atoms with Crippen molar-refractivity contribution in [2.45, 2.75) is 64.5 Å². The van der Waals surface area contributed by atoms with Crippen LogP contribution in [0.4, 0.5) is 0 Å². The molecule has 1 aliphatic heterocycles. The van der Waals surface area contributed by atoms with E-state index in [9.17, 15) is 4.79 Å². The maximum absolute atomic E-state index is 13.6. The van der Waals surface area contributed by atoms with E-state index in [2.05, 4.69) is 4.90 Å². The van der Waals surface area contributed by atoms with Crippen LogP contribution in [0.25, 0.3) is 10.2 Å². The van der Waals surface area contributed by atoms with Crippen LogP contribution in [0.3, 0.4) is 0 Å². The third-order valence-electron chi connectivity index (χ3n) is 6.51. The summed E-state index contributed by atoms with van der Waals surface area (Å²) in [7, 11) is 0. The van der Waals surface area contributed by atoms with Crippen molar-refractivity contribution in [2.24, 2.45) is 0 Å². The number of thiophene rings is 1. The number of hydrogen-bond acceptors (Lipinski definition) is 5. The van der Waals surface area contributed by atoms with Gasteiger partial charge in [-0.25, -0.2) is 4.98 Å². The zero-order valence-corrected chi connectivity index (χ0v) is 19.0. The van der Waals surface area contributed by atoms with Crippen molar-refractivity contribution in [3.05, 3.63) is 57.0 Å². The Bertz CT molecular complexity index is 1080. The molecular weight excluding hydrogens is 406 g/mol. The molecule has 0 bridgehead atoms.